The van der Waals surface area contributed by atoms with Crippen LogP contribution in [0.25, 0.3) is 0 Å². The Morgan fingerprint density at radius 3 is 2.67 bits per heavy atom. The van der Waals surface area contributed by atoms with E-state index >= 15 is 0 Å². The molecule has 1 unspecified atom stereocenters. The molecule has 2 aliphatic heterocycles. The highest BCUT2D eigenvalue weighted by atomic mass is 35.5. The Balaban J connectivity index is 0.00000208. The number of piperidine rings is 1. The summed E-state index contributed by atoms with van der Waals surface area (Å²) in [6, 6.07) is 8.27. The maximum atomic E-state index is 12.4. The van der Waals surface area contributed by atoms with Gasteiger partial charge in [-0.25, -0.2) is 0 Å². The number of amides is 1. The molecule has 134 valence electrons. The molecular weight excluding hydrogens is 345 g/mol. The van der Waals surface area contributed by atoms with Crippen molar-refractivity contribution in [3.8, 4) is 0 Å². The van der Waals surface area contributed by atoms with Crippen molar-refractivity contribution >= 4 is 29.9 Å². The van der Waals surface area contributed by atoms with Crippen molar-refractivity contribution in [2.75, 3.05) is 32.7 Å². The zero-order valence-electron chi connectivity index (χ0n) is 14.0. The minimum atomic E-state index is 0. The van der Waals surface area contributed by atoms with Crippen LogP contribution >= 0.6 is 24.0 Å². The van der Waals surface area contributed by atoms with Crippen molar-refractivity contribution < 1.29 is 4.79 Å². The molecule has 4 nitrogen and oxygen atoms in total. The Hall–Kier alpha value is -0.810. The maximum absolute atomic E-state index is 12.4. The van der Waals surface area contributed by atoms with Crippen molar-refractivity contribution in [2.45, 2.75) is 31.7 Å². The number of nitrogens with one attached hydrogen (secondary N) is 2. The molecule has 2 fully saturated rings. The summed E-state index contributed by atoms with van der Waals surface area (Å²) in [7, 11) is 0. The summed E-state index contributed by atoms with van der Waals surface area (Å²) in [5.74, 6) is 0.368. The first-order valence-electron chi connectivity index (χ1n) is 8.72. The molecule has 3 rings (SSSR count). The lowest BCUT2D eigenvalue weighted by molar-refractivity contribution is -0.126. The molecule has 2 N–H and O–H groups in total. The Morgan fingerprint density at radius 2 is 2.00 bits per heavy atom. The van der Waals surface area contributed by atoms with Crippen LogP contribution in [-0.4, -0.2) is 43.5 Å². The predicted molar refractivity (Wildman–Crippen MR) is 101 cm³/mol. The summed E-state index contributed by atoms with van der Waals surface area (Å²) in [4.78, 5) is 14.9. The molecule has 1 amide bonds. The van der Waals surface area contributed by atoms with Gasteiger partial charge in [0.1, 0.15) is 0 Å². The maximum Gasteiger partial charge on any atom is 0.223 e. The van der Waals surface area contributed by atoms with Gasteiger partial charge in [0.25, 0.3) is 0 Å². The molecule has 6 heteroatoms. The number of carbonyl (C=O) groups is 1. The van der Waals surface area contributed by atoms with Gasteiger partial charge in [0.05, 0.1) is 6.04 Å². The van der Waals surface area contributed by atoms with Crippen LogP contribution < -0.4 is 10.6 Å². The van der Waals surface area contributed by atoms with E-state index in [0.29, 0.717) is 6.54 Å². The third kappa shape index (κ3) is 5.09. The number of nitrogens with zero attached hydrogens (tertiary/aromatic N) is 1. The number of likely N-dealkylation sites (tertiary alicyclic amines) is 1. The first kappa shape index (κ1) is 19.5. The van der Waals surface area contributed by atoms with Gasteiger partial charge in [-0.15, -0.1) is 12.4 Å². The fourth-order valence-corrected chi connectivity index (χ4v) is 3.85. The van der Waals surface area contributed by atoms with Gasteiger partial charge in [-0.1, -0.05) is 23.7 Å². The average Bonchev–Trinajstić information content (AvgIpc) is 3.10. The van der Waals surface area contributed by atoms with Gasteiger partial charge in [-0.05, 0) is 69.6 Å². The van der Waals surface area contributed by atoms with Crippen molar-refractivity contribution in [3.63, 3.8) is 0 Å². The Morgan fingerprint density at radius 1 is 1.29 bits per heavy atom. The molecule has 2 aliphatic rings. The molecule has 1 aromatic rings. The minimum absolute atomic E-state index is 0. The lowest BCUT2D eigenvalue weighted by Gasteiger charge is -2.29. The van der Waals surface area contributed by atoms with Crippen LogP contribution in [-0.2, 0) is 4.79 Å². The lowest BCUT2D eigenvalue weighted by atomic mass is 9.97. The molecule has 2 heterocycles. The van der Waals surface area contributed by atoms with E-state index in [-0.39, 0.29) is 30.3 Å². The first-order chi connectivity index (χ1) is 11.2. The number of halogens is 2. The summed E-state index contributed by atoms with van der Waals surface area (Å²) in [6.45, 7) is 4.76. The average molecular weight is 372 g/mol. The topological polar surface area (TPSA) is 44.4 Å². The van der Waals surface area contributed by atoms with Gasteiger partial charge in [0.15, 0.2) is 0 Å². The Kier molecular flexibility index (Phi) is 7.82. The molecular formula is C18H27Cl2N3O. The van der Waals surface area contributed by atoms with Gasteiger partial charge in [0, 0.05) is 17.5 Å². The third-order valence-electron chi connectivity index (χ3n) is 4.99. The van der Waals surface area contributed by atoms with E-state index in [1.54, 1.807) is 0 Å². The van der Waals surface area contributed by atoms with Crippen LogP contribution in [0.2, 0.25) is 5.02 Å². The van der Waals surface area contributed by atoms with Crippen LogP contribution in [0, 0.1) is 5.92 Å². The largest absolute Gasteiger partial charge is 0.354 e. The molecule has 0 aromatic heterocycles. The van der Waals surface area contributed by atoms with Gasteiger partial charge in [-0.3, -0.25) is 9.69 Å². The smallest absolute Gasteiger partial charge is 0.223 e. The summed E-state index contributed by atoms with van der Waals surface area (Å²) < 4.78 is 0. The predicted octanol–water partition coefficient (Wildman–Crippen LogP) is 3.01. The summed E-state index contributed by atoms with van der Waals surface area (Å²) >= 11 is 6.17. The van der Waals surface area contributed by atoms with Crippen LogP contribution in [0.4, 0.5) is 0 Å². The summed E-state index contributed by atoms with van der Waals surface area (Å²) in [5.41, 5.74) is 1.20. The molecule has 0 spiro atoms. The molecule has 24 heavy (non-hydrogen) atoms. The molecule has 1 aromatic carbocycles. The summed E-state index contributed by atoms with van der Waals surface area (Å²) in [5, 5.41) is 7.26. The first-order valence-corrected chi connectivity index (χ1v) is 9.10. The van der Waals surface area contributed by atoms with E-state index in [9.17, 15) is 4.79 Å². The Bertz CT molecular complexity index is 529. The van der Waals surface area contributed by atoms with Crippen molar-refractivity contribution in [2.24, 2.45) is 5.92 Å². The van der Waals surface area contributed by atoms with Gasteiger partial charge >= 0.3 is 0 Å². The van der Waals surface area contributed by atoms with Gasteiger partial charge < -0.3 is 10.6 Å². The fourth-order valence-electron chi connectivity index (χ4n) is 3.65. The second-order valence-electron chi connectivity index (χ2n) is 6.58. The van der Waals surface area contributed by atoms with Crippen LogP contribution in [0.3, 0.4) is 0 Å². The molecule has 2 saturated heterocycles. The fraction of sp³-hybridized carbons (Fsp3) is 0.611. The van der Waals surface area contributed by atoms with Gasteiger partial charge in [-0.2, -0.15) is 0 Å². The number of hydrogen-bond donors (Lipinski definition) is 2. The van der Waals surface area contributed by atoms with E-state index in [1.165, 1.54) is 18.4 Å². The third-order valence-corrected chi connectivity index (χ3v) is 5.23. The normalized spacial score (nSPS) is 20.4. The molecule has 0 radical (unpaired) electrons. The lowest BCUT2D eigenvalue weighted by Crippen LogP contribution is -2.42. The minimum Gasteiger partial charge on any atom is -0.354 e. The van der Waals surface area contributed by atoms with Crippen LogP contribution in [0.1, 0.15) is 37.3 Å². The molecule has 1 atom stereocenters. The SMILES string of the molecule is Cl.O=C(NCC(c1cccc(Cl)c1)N1CCCC1)C1CCNCC1. The van der Waals surface area contributed by atoms with Gasteiger partial charge in [0.2, 0.25) is 5.91 Å². The van der Waals surface area contributed by atoms with E-state index in [0.717, 1.165) is 44.0 Å². The highest BCUT2D eigenvalue weighted by Crippen LogP contribution is 2.26. The number of rotatable bonds is 5. The Labute approximate surface area is 155 Å². The van der Waals surface area contributed by atoms with Crippen molar-refractivity contribution in [3.05, 3.63) is 34.9 Å². The van der Waals surface area contributed by atoms with E-state index in [4.69, 9.17) is 11.6 Å². The van der Waals surface area contributed by atoms with Crippen molar-refractivity contribution in [1.82, 2.24) is 15.5 Å². The van der Waals surface area contributed by atoms with Crippen LogP contribution in [0.15, 0.2) is 24.3 Å². The van der Waals surface area contributed by atoms with Crippen molar-refractivity contribution in [1.29, 1.82) is 0 Å². The second kappa shape index (κ2) is 9.62. The monoisotopic (exact) mass is 371 g/mol. The quantitative estimate of drug-likeness (QED) is 0.835. The zero-order valence-corrected chi connectivity index (χ0v) is 15.5. The second-order valence-corrected chi connectivity index (χ2v) is 7.02. The number of benzene rings is 1. The van der Waals surface area contributed by atoms with E-state index in [1.807, 2.05) is 18.2 Å². The zero-order chi connectivity index (χ0) is 16.1. The van der Waals surface area contributed by atoms with Crippen LogP contribution in [0.5, 0.6) is 0 Å². The van der Waals surface area contributed by atoms with E-state index in [2.05, 4.69) is 21.6 Å². The van der Waals surface area contributed by atoms with E-state index < -0.39 is 0 Å². The molecule has 0 bridgehead atoms. The number of carbonyl (C=O) groups excluding carboxylic acids is 1. The highest BCUT2D eigenvalue weighted by molar-refractivity contribution is 6.30. The summed E-state index contributed by atoms with van der Waals surface area (Å²) in [6.07, 6.45) is 4.35. The molecule has 0 aliphatic carbocycles. The standard InChI is InChI=1S/C18H26ClN3O.ClH/c19-16-5-3-4-15(12-16)17(22-10-1-2-11-22)13-21-18(23)14-6-8-20-9-7-14;/h3-5,12,14,17,20H,1-2,6-11,13H2,(H,21,23);1H. The highest BCUT2D eigenvalue weighted by Gasteiger charge is 2.26. The molecule has 0 saturated carbocycles. The number of hydrogen-bond acceptors (Lipinski definition) is 3.